The van der Waals surface area contributed by atoms with E-state index in [0.717, 1.165) is 0 Å². The van der Waals surface area contributed by atoms with Gasteiger partial charge in [-0.3, -0.25) is 0 Å². The zero-order valence-corrected chi connectivity index (χ0v) is 8.74. The highest BCUT2D eigenvalue weighted by atomic mass is 16.7. The Balaban J connectivity index is 2.51. The molecule has 1 aliphatic heterocycles. The average Bonchev–Trinajstić information content (AvgIpc) is 2.08. The molecule has 0 atom stereocenters. The van der Waals surface area contributed by atoms with Crippen LogP contribution in [-0.4, -0.2) is 30.6 Å². The lowest BCUT2D eigenvalue weighted by Gasteiger charge is -2.33. The van der Waals surface area contributed by atoms with Gasteiger partial charge < -0.3 is 14.6 Å². The zero-order valence-electron chi connectivity index (χ0n) is 8.74. The molecule has 0 spiro atoms. The molecule has 4 heteroatoms. The Kier molecular flexibility index (Phi) is 3.29. The van der Waals surface area contributed by atoms with Gasteiger partial charge in [0, 0.05) is 11.0 Å². The second-order valence-electron chi connectivity index (χ2n) is 4.31. The van der Waals surface area contributed by atoms with Gasteiger partial charge in [0.15, 0.2) is 6.29 Å². The van der Waals surface area contributed by atoms with Crippen molar-refractivity contribution in [2.45, 2.75) is 27.1 Å². The first-order chi connectivity index (χ1) is 6.41. The average molecular weight is 200 g/mol. The minimum absolute atomic E-state index is 0.0153. The molecule has 1 heterocycles. The lowest BCUT2D eigenvalue weighted by molar-refractivity contribution is -0.198. The van der Waals surface area contributed by atoms with Crippen molar-refractivity contribution in [1.29, 1.82) is 0 Å². The number of rotatable bonds is 2. The van der Waals surface area contributed by atoms with Crippen molar-refractivity contribution in [2.75, 3.05) is 13.2 Å². The van der Waals surface area contributed by atoms with E-state index in [4.69, 9.17) is 14.6 Å². The first kappa shape index (κ1) is 11.2. The van der Waals surface area contributed by atoms with Gasteiger partial charge in [0.1, 0.15) is 0 Å². The summed E-state index contributed by atoms with van der Waals surface area (Å²) in [5.41, 5.74) is 0.260. The quantitative estimate of drug-likeness (QED) is 0.685. The first-order valence-electron chi connectivity index (χ1n) is 4.56. The fourth-order valence-electron chi connectivity index (χ4n) is 1.08. The highest BCUT2D eigenvalue weighted by Crippen LogP contribution is 2.23. The van der Waals surface area contributed by atoms with Crippen molar-refractivity contribution in [3.05, 3.63) is 11.6 Å². The van der Waals surface area contributed by atoms with Crippen LogP contribution in [0.3, 0.4) is 0 Å². The second kappa shape index (κ2) is 4.11. The van der Waals surface area contributed by atoms with Crippen molar-refractivity contribution in [3.8, 4) is 0 Å². The number of ether oxygens (including phenoxy) is 2. The SMILES string of the molecule is C/C(=C\C1OCC(C)(C)CO1)C(=O)O. The molecule has 1 N–H and O–H groups in total. The summed E-state index contributed by atoms with van der Waals surface area (Å²) in [6.45, 7) is 6.77. The maximum absolute atomic E-state index is 10.5. The van der Waals surface area contributed by atoms with E-state index in [9.17, 15) is 4.79 Å². The van der Waals surface area contributed by atoms with Crippen LogP contribution in [0.2, 0.25) is 0 Å². The molecule has 0 radical (unpaired) electrons. The smallest absolute Gasteiger partial charge is 0.331 e. The molecule has 0 saturated carbocycles. The number of hydrogen-bond donors (Lipinski definition) is 1. The van der Waals surface area contributed by atoms with E-state index >= 15 is 0 Å². The maximum Gasteiger partial charge on any atom is 0.331 e. The minimum atomic E-state index is -0.943. The third-order valence-corrected chi connectivity index (χ3v) is 2.00. The second-order valence-corrected chi connectivity index (χ2v) is 4.31. The highest BCUT2D eigenvalue weighted by molar-refractivity contribution is 5.85. The Labute approximate surface area is 83.5 Å². The van der Waals surface area contributed by atoms with E-state index in [1.165, 1.54) is 13.0 Å². The van der Waals surface area contributed by atoms with Crippen LogP contribution in [0.5, 0.6) is 0 Å². The van der Waals surface area contributed by atoms with Gasteiger partial charge in [0.2, 0.25) is 0 Å². The molecule has 0 aromatic carbocycles. The van der Waals surface area contributed by atoms with Gasteiger partial charge in [-0.05, 0) is 13.0 Å². The van der Waals surface area contributed by atoms with Gasteiger partial charge in [0.25, 0.3) is 0 Å². The molecule has 14 heavy (non-hydrogen) atoms. The predicted octanol–water partition coefficient (Wildman–Crippen LogP) is 1.42. The summed E-state index contributed by atoms with van der Waals surface area (Å²) < 4.78 is 10.7. The number of hydrogen-bond acceptors (Lipinski definition) is 3. The molecule has 80 valence electrons. The fourth-order valence-corrected chi connectivity index (χ4v) is 1.08. The third-order valence-electron chi connectivity index (χ3n) is 2.00. The number of carboxylic acid groups (broad SMARTS) is 1. The molecule has 0 aromatic rings. The Morgan fingerprint density at radius 2 is 1.93 bits per heavy atom. The number of aliphatic carboxylic acids is 1. The van der Waals surface area contributed by atoms with Crippen LogP contribution < -0.4 is 0 Å². The van der Waals surface area contributed by atoms with Crippen LogP contribution >= 0.6 is 0 Å². The van der Waals surface area contributed by atoms with Gasteiger partial charge in [-0.25, -0.2) is 4.79 Å². The molecule has 1 rings (SSSR count). The Bertz CT molecular complexity index is 245. The lowest BCUT2D eigenvalue weighted by Crippen LogP contribution is -2.37. The molecule has 1 aliphatic rings. The van der Waals surface area contributed by atoms with Crippen LogP contribution in [0, 0.1) is 5.41 Å². The topological polar surface area (TPSA) is 55.8 Å². The summed E-state index contributed by atoms with van der Waals surface area (Å²) >= 11 is 0. The van der Waals surface area contributed by atoms with E-state index in [1.807, 2.05) is 13.8 Å². The first-order valence-corrected chi connectivity index (χ1v) is 4.56. The van der Waals surface area contributed by atoms with Crippen molar-refractivity contribution < 1.29 is 19.4 Å². The molecule has 1 fully saturated rings. The van der Waals surface area contributed by atoms with Gasteiger partial charge in [0.05, 0.1) is 13.2 Å². The van der Waals surface area contributed by atoms with E-state index in [2.05, 4.69) is 0 Å². The van der Waals surface area contributed by atoms with E-state index in [-0.39, 0.29) is 11.0 Å². The summed E-state index contributed by atoms with van der Waals surface area (Å²) in [5.74, 6) is -0.943. The molecule has 0 bridgehead atoms. The van der Waals surface area contributed by atoms with E-state index in [1.54, 1.807) is 0 Å². The largest absolute Gasteiger partial charge is 0.478 e. The lowest BCUT2D eigenvalue weighted by atomic mass is 9.95. The summed E-state index contributed by atoms with van der Waals surface area (Å²) in [5, 5.41) is 8.64. The highest BCUT2D eigenvalue weighted by Gasteiger charge is 2.27. The van der Waals surface area contributed by atoms with E-state index in [0.29, 0.717) is 13.2 Å². The van der Waals surface area contributed by atoms with Crippen LogP contribution in [0.4, 0.5) is 0 Å². The summed E-state index contributed by atoms with van der Waals surface area (Å²) in [7, 11) is 0. The van der Waals surface area contributed by atoms with Crippen LogP contribution in [0.25, 0.3) is 0 Å². The number of carboxylic acids is 1. The summed E-state index contributed by atoms with van der Waals surface area (Å²) in [6.07, 6.45) is 0.969. The zero-order chi connectivity index (χ0) is 10.8. The van der Waals surface area contributed by atoms with Crippen LogP contribution in [0.15, 0.2) is 11.6 Å². The summed E-state index contributed by atoms with van der Waals surface area (Å²) in [6, 6.07) is 0. The van der Waals surface area contributed by atoms with Crippen molar-refractivity contribution in [1.82, 2.24) is 0 Å². The van der Waals surface area contributed by atoms with Crippen molar-refractivity contribution >= 4 is 5.97 Å². The van der Waals surface area contributed by atoms with Crippen molar-refractivity contribution in [3.63, 3.8) is 0 Å². The normalized spacial score (nSPS) is 23.5. The maximum atomic E-state index is 10.5. The molecule has 0 amide bonds. The molecular formula is C10H16O4. The molecule has 0 aromatic heterocycles. The standard InChI is InChI=1S/C10H16O4/c1-7(9(11)12)4-8-13-5-10(2,3)6-14-8/h4,8H,5-6H2,1-3H3,(H,11,12)/b7-4+. The predicted molar refractivity (Wildman–Crippen MR) is 50.9 cm³/mol. The monoisotopic (exact) mass is 200 g/mol. The molecule has 0 aliphatic carbocycles. The van der Waals surface area contributed by atoms with Crippen molar-refractivity contribution in [2.24, 2.45) is 5.41 Å². The Morgan fingerprint density at radius 1 is 1.43 bits per heavy atom. The number of carbonyl (C=O) groups is 1. The molecule has 4 nitrogen and oxygen atoms in total. The van der Waals surface area contributed by atoms with Gasteiger partial charge in [-0.1, -0.05) is 13.8 Å². The van der Waals surface area contributed by atoms with Crippen LogP contribution in [0.1, 0.15) is 20.8 Å². The minimum Gasteiger partial charge on any atom is -0.478 e. The third kappa shape index (κ3) is 3.12. The van der Waals surface area contributed by atoms with Gasteiger partial charge in [-0.15, -0.1) is 0 Å². The molecule has 0 unspecified atom stereocenters. The fraction of sp³-hybridized carbons (Fsp3) is 0.700. The molecule has 1 saturated heterocycles. The summed E-state index contributed by atoms with van der Waals surface area (Å²) in [4.78, 5) is 10.5. The van der Waals surface area contributed by atoms with Gasteiger partial charge >= 0.3 is 5.97 Å². The Hall–Kier alpha value is -0.870. The molecular weight excluding hydrogens is 184 g/mol. The van der Waals surface area contributed by atoms with Gasteiger partial charge in [-0.2, -0.15) is 0 Å². The van der Waals surface area contributed by atoms with E-state index < -0.39 is 12.3 Å². The Morgan fingerprint density at radius 3 is 2.36 bits per heavy atom. The van der Waals surface area contributed by atoms with Crippen LogP contribution in [-0.2, 0) is 14.3 Å².